The average Bonchev–Trinajstić information content (AvgIpc) is 3.65. The van der Waals surface area contributed by atoms with Crippen molar-refractivity contribution in [1.82, 2.24) is 0 Å². The van der Waals surface area contributed by atoms with E-state index in [-0.39, 0.29) is 19.6 Å². The number of carboxylic acid groups (broad SMARTS) is 1. The van der Waals surface area contributed by atoms with Crippen molar-refractivity contribution >= 4 is 40.6 Å². The van der Waals surface area contributed by atoms with Gasteiger partial charge in [0, 0.05) is 45.9 Å². The minimum Gasteiger partial charge on any atom is -0.497 e. The summed E-state index contributed by atoms with van der Waals surface area (Å²) in [5.74, 6) is -1.12. The van der Waals surface area contributed by atoms with Crippen molar-refractivity contribution in [2.75, 3.05) is 37.6 Å². The molecule has 0 aromatic heterocycles. The number of ether oxygens (including phenoxy) is 3. The molecule has 0 bridgehead atoms. The summed E-state index contributed by atoms with van der Waals surface area (Å²) >= 11 is 6.28. The van der Waals surface area contributed by atoms with Crippen LogP contribution < -0.4 is 24.4 Å². The molecule has 1 aliphatic heterocycles. The molecule has 1 unspecified atom stereocenters. The third-order valence-electron chi connectivity index (χ3n) is 8.59. The number of methoxy groups -OCH3 is 2. The van der Waals surface area contributed by atoms with Crippen molar-refractivity contribution in [2.45, 2.75) is 56.8 Å². The molecule has 3 aromatic rings. The maximum Gasteiger partial charge on any atom is 0.573 e. The van der Waals surface area contributed by atoms with Crippen LogP contribution >= 0.6 is 11.6 Å². The summed E-state index contributed by atoms with van der Waals surface area (Å²) in [7, 11) is 2.93. The molecule has 1 spiro atoms. The molecule has 10 nitrogen and oxygen atoms in total. The number of alkyl halides is 3. The SMILES string of the molecule is COc1cc(NC(C(=O)N2CC3(CCCC3)c3ccc(OC(F)(F)F)cc32)c2ccc(Cl)cc2OC)cc(/C(C)=N/OCCC(=O)O)c1. The van der Waals surface area contributed by atoms with E-state index in [4.69, 9.17) is 31.0 Å². The Hall–Kier alpha value is -4.65. The van der Waals surface area contributed by atoms with Crippen molar-refractivity contribution in [3.63, 3.8) is 0 Å². The van der Waals surface area contributed by atoms with E-state index in [0.29, 0.717) is 44.7 Å². The van der Waals surface area contributed by atoms with Crippen LogP contribution in [0.25, 0.3) is 0 Å². The first kappa shape index (κ1) is 34.7. The highest BCUT2D eigenvalue weighted by atomic mass is 35.5. The van der Waals surface area contributed by atoms with Gasteiger partial charge in [-0.1, -0.05) is 41.7 Å². The smallest absolute Gasteiger partial charge is 0.497 e. The first-order valence-corrected chi connectivity index (χ1v) is 15.6. The monoisotopic (exact) mass is 689 g/mol. The van der Waals surface area contributed by atoms with Crippen LogP contribution in [0.1, 0.15) is 61.8 Å². The van der Waals surface area contributed by atoms with Gasteiger partial charge in [0.2, 0.25) is 0 Å². The van der Waals surface area contributed by atoms with Gasteiger partial charge >= 0.3 is 12.3 Å². The van der Waals surface area contributed by atoms with E-state index in [9.17, 15) is 22.8 Å². The minimum atomic E-state index is -4.90. The van der Waals surface area contributed by atoms with Crippen LogP contribution in [0.15, 0.2) is 59.8 Å². The number of carboxylic acids is 1. The normalized spacial score (nSPS) is 16.0. The molecule has 1 atom stereocenters. The minimum absolute atomic E-state index is 0.122. The van der Waals surface area contributed by atoms with E-state index in [1.165, 1.54) is 31.3 Å². The number of hydrogen-bond acceptors (Lipinski definition) is 8. The van der Waals surface area contributed by atoms with E-state index in [0.717, 1.165) is 31.2 Å². The largest absolute Gasteiger partial charge is 0.573 e. The van der Waals surface area contributed by atoms with E-state index >= 15 is 0 Å². The lowest BCUT2D eigenvalue weighted by molar-refractivity contribution is -0.274. The topological polar surface area (TPSA) is 119 Å². The Morgan fingerprint density at radius 3 is 2.46 bits per heavy atom. The molecule has 256 valence electrons. The maximum atomic E-state index is 14.8. The summed E-state index contributed by atoms with van der Waals surface area (Å²) in [6, 6.07) is 13.1. The lowest BCUT2D eigenvalue weighted by Gasteiger charge is -2.29. The number of halogens is 4. The number of carbonyl (C=O) groups is 2. The van der Waals surface area contributed by atoms with Crippen molar-refractivity contribution in [1.29, 1.82) is 0 Å². The van der Waals surface area contributed by atoms with E-state index in [1.807, 2.05) is 0 Å². The zero-order chi connectivity index (χ0) is 34.6. The number of carbonyl (C=O) groups excluding carboxylic acids is 1. The molecule has 3 aromatic carbocycles. The van der Waals surface area contributed by atoms with Gasteiger partial charge < -0.3 is 34.4 Å². The van der Waals surface area contributed by atoms with Gasteiger partial charge in [-0.05, 0) is 55.7 Å². The van der Waals surface area contributed by atoms with Gasteiger partial charge in [0.15, 0.2) is 0 Å². The third kappa shape index (κ3) is 7.73. The van der Waals surface area contributed by atoms with Crippen LogP contribution in [0.2, 0.25) is 5.02 Å². The summed E-state index contributed by atoms with van der Waals surface area (Å²) in [5, 5.41) is 16.6. The highest BCUT2D eigenvalue weighted by molar-refractivity contribution is 6.30. The highest BCUT2D eigenvalue weighted by Crippen LogP contribution is 2.52. The number of fused-ring (bicyclic) bond motifs is 2. The molecule has 1 saturated carbocycles. The second-order valence-corrected chi connectivity index (χ2v) is 12.1. The number of hydrogen-bond donors (Lipinski definition) is 2. The molecule has 1 amide bonds. The number of oxime groups is 1. The number of amides is 1. The Labute approximate surface area is 280 Å². The number of aliphatic carboxylic acids is 1. The molecular weight excluding hydrogens is 655 g/mol. The van der Waals surface area contributed by atoms with E-state index < -0.39 is 35.4 Å². The molecule has 1 aliphatic carbocycles. The number of anilines is 2. The van der Waals surface area contributed by atoms with Crippen LogP contribution in [-0.4, -0.2) is 56.4 Å². The summed E-state index contributed by atoms with van der Waals surface area (Å²) in [5.41, 5.74) is 2.64. The second-order valence-electron chi connectivity index (χ2n) is 11.7. The second kappa shape index (κ2) is 14.2. The van der Waals surface area contributed by atoms with Gasteiger partial charge in [-0.2, -0.15) is 0 Å². The molecule has 5 rings (SSSR count). The Morgan fingerprint density at radius 2 is 1.79 bits per heavy atom. The quantitative estimate of drug-likeness (QED) is 0.114. The molecule has 2 N–H and O–H groups in total. The van der Waals surface area contributed by atoms with Gasteiger partial charge in [-0.3, -0.25) is 9.59 Å². The van der Waals surface area contributed by atoms with Crippen LogP contribution in [0.4, 0.5) is 24.5 Å². The van der Waals surface area contributed by atoms with Gasteiger partial charge in [0.1, 0.15) is 29.9 Å². The first-order chi connectivity index (χ1) is 22.8. The third-order valence-corrected chi connectivity index (χ3v) is 8.82. The van der Waals surface area contributed by atoms with Crippen LogP contribution in [0.3, 0.4) is 0 Å². The van der Waals surface area contributed by atoms with Crippen LogP contribution in [-0.2, 0) is 19.8 Å². The molecule has 2 aliphatic rings. The van der Waals surface area contributed by atoms with Crippen molar-refractivity contribution in [2.24, 2.45) is 5.16 Å². The molecular formula is C34H35ClF3N3O7. The Bertz CT molecular complexity index is 1710. The average molecular weight is 690 g/mol. The summed E-state index contributed by atoms with van der Waals surface area (Å²) < 4.78 is 55.1. The molecule has 48 heavy (non-hydrogen) atoms. The lowest BCUT2D eigenvalue weighted by atomic mass is 9.81. The highest BCUT2D eigenvalue weighted by Gasteiger charge is 2.48. The van der Waals surface area contributed by atoms with Crippen molar-refractivity contribution < 1.29 is 46.9 Å². The number of nitrogens with one attached hydrogen (secondary N) is 1. The molecule has 0 radical (unpaired) electrons. The summed E-state index contributed by atoms with van der Waals surface area (Å²) in [4.78, 5) is 32.3. The Kier molecular flexibility index (Phi) is 10.3. The predicted molar refractivity (Wildman–Crippen MR) is 173 cm³/mol. The van der Waals surface area contributed by atoms with E-state index in [1.54, 1.807) is 49.4 Å². The lowest BCUT2D eigenvalue weighted by Crippen LogP contribution is -2.40. The van der Waals surface area contributed by atoms with Gasteiger partial charge in [0.05, 0.1) is 32.0 Å². The Balaban J connectivity index is 1.57. The van der Waals surface area contributed by atoms with Crippen LogP contribution in [0, 0.1) is 0 Å². The standard InChI is InChI=1S/C34H35ClF3N3O7/c1-20(40-47-13-10-30(42)43)21-14-23(17-25(15-21)45-2)39-31(26-8-6-22(35)16-29(26)46-3)32(44)41-19-33(11-4-5-12-33)27-9-7-24(18-28(27)41)48-34(36,37)38/h6-9,14-18,31,39H,4-5,10-13,19H2,1-3H3,(H,42,43)/b40-20+. The van der Waals surface area contributed by atoms with Crippen molar-refractivity contribution in [3.8, 4) is 17.2 Å². The fraction of sp³-hybridized carbons (Fsp3) is 0.382. The Morgan fingerprint density at radius 1 is 1.04 bits per heavy atom. The fourth-order valence-corrected chi connectivity index (χ4v) is 6.55. The summed E-state index contributed by atoms with van der Waals surface area (Å²) in [6.07, 6.45) is -1.68. The zero-order valence-corrected chi connectivity index (χ0v) is 27.3. The molecule has 1 heterocycles. The maximum absolute atomic E-state index is 14.8. The van der Waals surface area contributed by atoms with Gasteiger partial charge in [-0.25, -0.2) is 0 Å². The number of rotatable bonds is 12. The molecule has 1 fully saturated rings. The predicted octanol–water partition coefficient (Wildman–Crippen LogP) is 7.48. The van der Waals surface area contributed by atoms with Gasteiger partial charge in [0.25, 0.3) is 5.91 Å². The summed E-state index contributed by atoms with van der Waals surface area (Å²) in [6.45, 7) is 1.84. The number of nitrogens with zero attached hydrogens (tertiary/aromatic N) is 2. The van der Waals surface area contributed by atoms with E-state index in [2.05, 4.69) is 15.2 Å². The zero-order valence-electron chi connectivity index (χ0n) is 26.5. The molecule has 14 heteroatoms. The fourth-order valence-electron chi connectivity index (χ4n) is 6.38. The van der Waals surface area contributed by atoms with Gasteiger partial charge in [-0.15, -0.1) is 13.2 Å². The van der Waals surface area contributed by atoms with Crippen LogP contribution in [0.5, 0.6) is 17.2 Å². The van der Waals surface area contributed by atoms with Crippen molar-refractivity contribution in [3.05, 3.63) is 76.3 Å². The molecule has 0 saturated heterocycles. The number of benzene rings is 3. The first-order valence-electron chi connectivity index (χ1n) is 15.2.